The Hall–Kier alpha value is -1.17. The third kappa shape index (κ3) is 2.45. The Kier molecular flexibility index (Phi) is 3.43. The molecule has 0 fully saturated rings. The molecule has 2 N–H and O–H groups in total. The van der Waals surface area contributed by atoms with Gasteiger partial charge in [-0.2, -0.15) is 0 Å². The van der Waals surface area contributed by atoms with E-state index in [4.69, 9.17) is 22.1 Å². The van der Waals surface area contributed by atoms with Gasteiger partial charge >= 0.3 is 0 Å². The zero-order valence-corrected chi connectivity index (χ0v) is 12.3. The maximum Gasteiger partial charge on any atom is 0.163 e. The molecule has 2 heterocycles. The lowest BCUT2D eigenvalue weighted by atomic mass is 10.1. The van der Waals surface area contributed by atoms with Gasteiger partial charge in [0.15, 0.2) is 5.82 Å². The Bertz CT molecular complexity index is 648. The van der Waals surface area contributed by atoms with Crippen molar-refractivity contribution >= 4 is 33.3 Å². The Labute approximate surface area is 124 Å². The molecular formula is C13H11BrClN3O. The molecule has 3 rings (SSSR count). The van der Waals surface area contributed by atoms with E-state index in [2.05, 4.69) is 25.9 Å². The van der Waals surface area contributed by atoms with Gasteiger partial charge in [-0.15, -0.1) is 0 Å². The van der Waals surface area contributed by atoms with Gasteiger partial charge in [0.25, 0.3) is 0 Å². The van der Waals surface area contributed by atoms with Gasteiger partial charge in [0.1, 0.15) is 5.82 Å². The number of benzene rings is 1. The molecule has 1 aromatic carbocycles. The molecule has 0 spiro atoms. The van der Waals surface area contributed by atoms with Gasteiger partial charge in [-0.25, -0.2) is 9.97 Å². The number of hydrogen-bond donors (Lipinski definition) is 1. The highest BCUT2D eigenvalue weighted by atomic mass is 79.9. The van der Waals surface area contributed by atoms with Crippen LogP contribution in [0.5, 0.6) is 0 Å². The lowest BCUT2D eigenvalue weighted by molar-refractivity contribution is 0.109. The second-order valence-corrected chi connectivity index (χ2v) is 5.61. The van der Waals surface area contributed by atoms with Gasteiger partial charge in [-0.05, 0) is 18.2 Å². The molecule has 98 valence electrons. The average molecular weight is 341 g/mol. The fraction of sp³-hybridized carbons (Fsp3) is 0.231. The monoisotopic (exact) mass is 339 g/mol. The first kappa shape index (κ1) is 12.8. The summed E-state index contributed by atoms with van der Waals surface area (Å²) in [6.07, 6.45) is 0.753. The van der Waals surface area contributed by atoms with Gasteiger partial charge < -0.3 is 10.5 Å². The number of rotatable bonds is 1. The minimum Gasteiger partial charge on any atom is -0.383 e. The van der Waals surface area contributed by atoms with E-state index in [1.807, 2.05) is 18.2 Å². The van der Waals surface area contributed by atoms with Crippen molar-refractivity contribution in [3.8, 4) is 11.4 Å². The Morgan fingerprint density at radius 3 is 2.95 bits per heavy atom. The van der Waals surface area contributed by atoms with Gasteiger partial charge in [-0.3, -0.25) is 0 Å². The average Bonchev–Trinajstić information content (AvgIpc) is 2.38. The Morgan fingerprint density at radius 2 is 2.16 bits per heavy atom. The normalized spacial score (nSPS) is 14.2. The molecule has 0 aliphatic carbocycles. The predicted molar refractivity (Wildman–Crippen MR) is 78.0 cm³/mol. The fourth-order valence-corrected chi connectivity index (χ4v) is 2.81. The van der Waals surface area contributed by atoms with E-state index in [9.17, 15) is 0 Å². The van der Waals surface area contributed by atoms with Gasteiger partial charge in [-0.1, -0.05) is 27.5 Å². The van der Waals surface area contributed by atoms with Gasteiger partial charge in [0.2, 0.25) is 0 Å². The molecule has 0 bridgehead atoms. The lowest BCUT2D eigenvalue weighted by Crippen LogP contribution is -2.16. The summed E-state index contributed by atoms with van der Waals surface area (Å²) >= 11 is 9.60. The van der Waals surface area contributed by atoms with E-state index in [0.717, 1.165) is 27.7 Å². The minimum atomic E-state index is 0.471. The Morgan fingerprint density at radius 1 is 1.32 bits per heavy atom. The van der Waals surface area contributed by atoms with Crippen molar-refractivity contribution in [3.63, 3.8) is 0 Å². The molecule has 0 amide bonds. The van der Waals surface area contributed by atoms with E-state index >= 15 is 0 Å². The van der Waals surface area contributed by atoms with Crippen molar-refractivity contribution in [2.24, 2.45) is 0 Å². The van der Waals surface area contributed by atoms with Crippen LogP contribution in [0.15, 0.2) is 22.7 Å². The number of ether oxygens (including phenoxy) is 1. The zero-order valence-electron chi connectivity index (χ0n) is 9.99. The first-order valence-electron chi connectivity index (χ1n) is 5.83. The van der Waals surface area contributed by atoms with Crippen LogP contribution in [-0.2, 0) is 17.8 Å². The van der Waals surface area contributed by atoms with Crippen LogP contribution in [0.25, 0.3) is 11.4 Å². The van der Waals surface area contributed by atoms with Crippen molar-refractivity contribution < 1.29 is 4.74 Å². The number of hydrogen-bond acceptors (Lipinski definition) is 4. The number of aromatic nitrogens is 2. The van der Waals surface area contributed by atoms with Crippen molar-refractivity contribution in [3.05, 3.63) is 39.0 Å². The first-order chi connectivity index (χ1) is 9.15. The molecule has 2 aromatic rings. The second kappa shape index (κ2) is 5.07. The molecule has 0 radical (unpaired) electrons. The molecule has 0 saturated carbocycles. The van der Waals surface area contributed by atoms with Crippen LogP contribution in [0, 0.1) is 0 Å². The highest BCUT2D eigenvalue weighted by molar-refractivity contribution is 9.10. The maximum absolute atomic E-state index is 6.22. The molecule has 0 atom stereocenters. The van der Waals surface area contributed by atoms with Crippen LogP contribution in [0.4, 0.5) is 5.82 Å². The minimum absolute atomic E-state index is 0.471. The molecule has 1 aliphatic heterocycles. The molecule has 4 nitrogen and oxygen atoms in total. The van der Waals surface area contributed by atoms with Crippen LogP contribution in [-0.4, -0.2) is 16.6 Å². The molecule has 0 unspecified atom stereocenters. The maximum atomic E-state index is 6.22. The molecule has 19 heavy (non-hydrogen) atoms. The Balaban J connectivity index is 2.13. The number of fused-ring (bicyclic) bond motifs is 1. The molecule has 6 heteroatoms. The number of nitrogen functional groups attached to an aromatic ring is 1. The molecule has 0 saturated heterocycles. The lowest BCUT2D eigenvalue weighted by Gasteiger charge is -2.18. The fourth-order valence-electron chi connectivity index (χ4n) is 2.05. The first-order valence-corrected chi connectivity index (χ1v) is 7.00. The highest BCUT2D eigenvalue weighted by Gasteiger charge is 2.18. The summed E-state index contributed by atoms with van der Waals surface area (Å²) < 4.78 is 6.29. The van der Waals surface area contributed by atoms with Crippen molar-refractivity contribution in [1.29, 1.82) is 0 Å². The molecular weight excluding hydrogens is 330 g/mol. The van der Waals surface area contributed by atoms with Crippen molar-refractivity contribution in [2.75, 3.05) is 12.3 Å². The van der Waals surface area contributed by atoms with Crippen LogP contribution in [0.3, 0.4) is 0 Å². The van der Waals surface area contributed by atoms with E-state index in [1.165, 1.54) is 0 Å². The standard InChI is InChI=1S/C13H11BrClN3O/c14-7-1-2-8(10(15)5-7)13-17-11-3-4-19-6-9(11)12(16)18-13/h1-2,5H,3-4,6H2,(H2,16,17,18). The predicted octanol–water partition coefficient (Wildman–Crippen LogP) is 3.21. The second-order valence-electron chi connectivity index (χ2n) is 4.28. The summed E-state index contributed by atoms with van der Waals surface area (Å²) in [6.45, 7) is 1.15. The quantitative estimate of drug-likeness (QED) is 0.866. The van der Waals surface area contributed by atoms with E-state index < -0.39 is 0 Å². The third-order valence-corrected chi connectivity index (χ3v) is 3.83. The number of nitrogens with zero attached hydrogens (tertiary/aromatic N) is 2. The van der Waals surface area contributed by atoms with E-state index in [0.29, 0.717) is 29.9 Å². The molecule has 1 aromatic heterocycles. The van der Waals surface area contributed by atoms with Crippen LogP contribution >= 0.6 is 27.5 Å². The zero-order chi connectivity index (χ0) is 13.4. The largest absolute Gasteiger partial charge is 0.383 e. The van der Waals surface area contributed by atoms with Crippen LogP contribution < -0.4 is 5.73 Å². The summed E-state index contributed by atoms with van der Waals surface area (Å²) in [5.41, 5.74) is 8.60. The van der Waals surface area contributed by atoms with Gasteiger partial charge in [0.05, 0.1) is 23.9 Å². The topological polar surface area (TPSA) is 61.0 Å². The summed E-state index contributed by atoms with van der Waals surface area (Å²) in [7, 11) is 0. The van der Waals surface area contributed by atoms with Crippen molar-refractivity contribution in [1.82, 2.24) is 9.97 Å². The highest BCUT2D eigenvalue weighted by Crippen LogP contribution is 2.30. The van der Waals surface area contributed by atoms with Crippen molar-refractivity contribution in [2.45, 2.75) is 13.0 Å². The smallest absolute Gasteiger partial charge is 0.163 e. The SMILES string of the molecule is Nc1nc(-c2ccc(Br)cc2Cl)nc2c1COCC2. The summed E-state index contributed by atoms with van der Waals surface area (Å²) in [5, 5.41) is 0.598. The third-order valence-electron chi connectivity index (χ3n) is 3.03. The number of halogens is 2. The van der Waals surface area contributed by atoms with Gasteiger partial charge in [0, 0.05) is 22.0 Å². The molecule has 1 aliphatic rings. The number of anilines is 1. The van der Waals surface area contributed by atoms with E-state index in [1.54, 1.807) is 0 Å². The number of nitrogens with two attached hydrogens (primary N) is 1. The van der Waals surface area contributed by atoms with Crippen LogP contribution in [0.2, 0.25) is 5.02 Å². The summed E-state index contributed by atoms with van der Waals surface area (Å²) in [6, 6.07) is 5.61. The van der Waals surface area contributed by atoms with E-state index in [-0.39, 0.29) is 0 Å². The van der Waals surface area contributed by atoms with Crippen LogP contribution in [0.1, 0.15) is 11.3 Å². The summed E-state index contributed by atoms with van der Waals surface area (Å²) in [4.78, 5) is 8.90. The summed E-state index contributed by atoms with van der Waals surface area (Å²) in [5.74, 6) is 1.04.